The fraction of sp³-hybridized carbons (Fsp3) is 0.162. The van der Waals surface area contributed by atoms with Crippen molar-refractivity contribution in [1.82, 2.24) is 0 Å². The van der Waals surface area contributed by atoms with E-state index in [1.165, 1.54) is 36.4 Å². The lowest BCUT2D eigenvalue weighted by molar-refractivity contribution is -0.187. The molecule has 0 radical (unpaired) electrons. The van der Waals surface area contributed by atoms with E-state index in [9.17, 15) is 26.3 Å². The maximum Gasteiger partial charge on any atom is 0.429 e. The van der Waals surface area contributed by atoms with Gasteiger partial charge in [-0.3, -0.25) is 0 Å². The van der Waals surface area contributed by atoms with E-state index < -0.39 is 52.1 Å². The van der Waals surface area contributed by atoms with Crippen molar-refractivity contribution < 1.29 is 35.5 Å². The molecule has 0 amide bonds. The number of hydrogen-bond donors (Lipinski definition) is 0. The van der Waals surface area contributed by atoms with Crippen LogP contribution in [0.4, 0.5) is 30.7 Å². The molecule has 2 nitrogen and oxygen atoms in total. The van der Waals surface area contributed by atoms with Crippen LogP contribution in [-0.2, 0) is 12.5 Å². The first-order chi connectivity index (χ1) is 22.0. The van der Waals surface area contributed by atoms with Crippen molar-refractivity contribution >= 4 is 0 Å². The number of nitriles is 1. The maximum absolute atomic E-state index is 15.1. The third-order valence-corrected chi connectivity index (χ3v) is 7.57. The van der Waals surface area contributed by atoms with Gasteiger partial charge in [0.1, 0.15) is 46.5 Å². The Morgan fingerprint density at radius 2 is 1.20 bits per heavy atom. The molecule has 0 bridgehead atoms. The summed E-state index contributed by atoms with van der Waals surface area (Å²) in [6.07, 6.45) is -0.747. The zero-order valence-corrected chi connectivity index (χ0v) is 24.5. The van der Waals surface area contributed by atoms with E-state index in [4.69, 9.17) is 10.00 Å². The summed E-state index contributed by atoms with van der Waals surface area (Å²) in [5.41, 5.74) is 0.195. The predicted octanol–water partition coefficient (Wildman–Crippen LogP) is 11.1. The van der Waals surface area contributed by atoms with Crippen molar-refractivity contribution in [2.45, 2.75) is 38.7 Å². The smallest absolute Gasteiger partial charge is 0.429 e. The molecule has 0 unspecified atom stereocenters. The van der Waals surface area contributed by atoms with E-state index in [1.807, 2.05) is 6.92 Å². The van der Waals surface area contributed by atoms with Gasteiger partial charge < -0.3 is 4.74 Å². The average Bonchev–Trinajstić information content (AvgIpc) is 3.01. The van der Waals surface area contributed by atoms with Gasteiger partial charge in [-0.1, -0.05) is 62.2 Å². The number of halogens is 7. The quantitative estimate of drug-likeness (QED) is 0.113. The van der Waals surface area contributed by atoms with Gasteiger partial charge in [-0.05, 0) is 83.1 Å². The molecule has 0 heterocycles. The highest BCUT2D eigenvalue weighted by atomic mass is 19.3. The van der Waals surface area contributed by atoms with E-state index in [2.05, 4.69) is 0 Å². The molecule has 0 aliphatic carbocycles. The molecule has 0 spiro atoms. The molecule has 0 atom stereocenters. The Morgan fingerprint density at radius 3 is 1.80 bits per heavy atom. The lowest BCUT2D eigenvalue weighted by Crippen LogP contribution is -2.23. The second kappa shape index (κ2) is 13.5. The van der Waals surface area contributed by atoms with Gasteiger partial charge in [0.2, 0.25) is 0 Å². The molecule has 5 aromatic rings. The molecular formula is C37H26F7NO. The number of hydrogen-bond acceptors (Lipinski definition) is 2. The fourth-order valence-electron chi connectivity index (χ4n) is 5.13. The van der Waals surface area contributed by atoms with Gasteiger partial charge in [-0.25, -0.2) is 22.0 Å². The van der Waals surface area contributed by atoms with Crippen LogP contribution in [0.1, 0.15) is 42.9 Å². The van der Waals surface area contributed by atoms with Crippen molar-refractivity contribution in [2.75, 3.05) is 0 Å². The summed E-state index contributed by atoms with van der Waals surface area (Å²) in [6, 6.07) is 20.2. The maximum atomic E-state index is 15.1. The molecule has 0 saturated carbocycles. The summed E-state index contributed by atoms with van der Waals surface area (Å²) in [5, 5.41) is 8.85. The minimum atomic E-state index is -4.05. The second-order valence-electron chi connectivity index (χ2n) is 10.7. The van der Waals surface area contributed by atoms with Gasteiger partial charge in [-0.15, -0.1) is 0 Å². The van der Waals surface area contributed by atoms with E-state index >= 15 is 4.39 Å². The summed E-state index contributed by atoms with van der Waals surface area (Å²) in [5.74, 6) is -5.42. The molecule has 9 heteroatoms. The summed E-state index contributed by atoms with van der Waals surface area (Å²) in [7, 11) is 0. The number of rotatable bonds is 10. The van der Waals surface area contributed by atoms with Crippen LogP contribution in [0, 0.1) is 40.4 Å². The van der Waals surface area contributed by atoms with Gasteiger partial charge in [0.15, 0.2) is 0 Å². The van der Waals surface area contributed by atoms with Gasteiger partial charge >= 0.3 is 6.11 Å². The van der Waals surface area contributed by atoms with Gasteiger partial charge in [-0.2, -0.15) is 14.0 Å². The van der Waals surface area contributed by atoms with Crippen LogP contribution in [0.15, 0.2) is 91.0 Å². The van der Waals surface area contributed by atoms with E-state index in [0.29, 0.717) is 28.7 Å². The fourth-order valence-corrected chi connectivity index (χ4v) is 5.13. The molecule has 0 saturated heterocycles. The molecule has 0 fully saturated rings. The first kappa shape index (κ1) is 32.3. The molecular weight excluding hydrogens is 607 g/mol. The molecule has 0 aliphatic rings. The zero-order valence-electron chi connectivity index (χ0n) is 24.5. The van der Waals surface area contributed by atoms with Gasteiger partial charge in [0.05, 0.1) is 5.56 Å². The highest BCUT2D eigenvalue weighted by Gasteiger charge is 2.38. The molecule has 46 heavy (non-hydrogen) atoms. The van der Waals surface area contributed by atoms with Gasteiger partial charge in [0, 0.05) is 17.2 Å². The van der Waals surface area contributed by atoms with Crippen LogP contribution < -0.4 is 4.74 Å². The average molecular weight is 634 g/mol. The zero-order chi connectivity index (χ0) is 33.0. The summed E-state index contributed by atoms with van der Waals surface area (Å²) in [4.78, 5) is 0. The van der Waals surface area contributed by atoms with Crippen molar-refractivity contribution in [3.05, 3.63) is 137 Å². The molecule has 0 aromatic heterocycles. The highest BCUT2D eigenvalue weighted by Crippen LogP contribution is 2.36. The minimum Gasteiger partial charge on any atom is -0.429 e. The summed E-state index contributed by atoms with van der Waals surface area (Å²) in [6.45, 7) is 2.02. The lowest BCUT2D eigenvalue weighted by atomic mass is 9.97. The van der Waals surface area contributed by atoms with E-state index in [1.54, 1.807) is 24.3 Å². The normalized spacial score (nSPS) is 11.4. The van der Waals surface area contributed by atoms with E-state index in [0.717, 1.165) is 55.7 Å². The number of aryl methyl sites for hydroxylation is 1. The topological polar surface area (TPSA) is 33.0 Å². The Morgan fingerprint density at radius 1 is 0.609 bits per heavy atom. The lowest BCUT2D eigenvalue weighted by Gasteiger charge is -2.19. The Bertz CT molecular complexity index is 1910. The molecule has 0 aliphatic heterocycles. The summed E-state index contributed by atoms with van der Waals surface area (Å²) >= 11 is 0. The van der Waals surface area contributed by atoms with Crippen LogP contribution >= 0.6 is 0 Å². The van der Waals surface area contributed by atoms with Crippen molar-refractivity contribution in [3.63, 3.8) is 0 Å². The Balaban J connectivity index is 1.31. The first-order valence-electron chi connectivity index (χ1n) is 14.5. The molecule has 0 N–H and O–H groups in total. The second-order valence-corrected chi connectivity index (χ2v) is 10.7. The highest BCUT2D eigenvalue weighted by molar-refractivity contribution is 5.74. The Labute approximate surface area is 261 Å². The van der Waals surface area contributed by atoms with Crippen LogP contribution in [0.2, 0.25) is 0 Å². The largest absolute Gasteiger partial charge is 0.429 e. The van der Waals surface area contributed by atoms with Gasteiger partial charge in [0.25, 0.3) is 0 Å². The van der Waals surface area contributed by atoms with Crippen LogP contribution in [0.25, 0.3) is 33.4 Å². The molecule has 5 aromatic carbocycles. The molecule has 234 valence electrons. The minimum absolute atomic E-state index is 0.0696. The Hall–Kier alpha value is -5.10. The number of alkyl halides is 2. The first-order valence-corrected chi connectivity index (χ1v) is 14.5. The van der Waals surface area contributed by atoms with Crippen molar-refractivity contribution in [3.8, 4) is 45.2 Å². The number of unbranched alkanes of at least 4 members (excludes halogenated alkanes) is 2. The van der Waals surface area contributed by atoms with Crippen LogP contribution in [-0.4, -0.2) is 0 Å². The SMILES string of the molecule is CCCCCc1ccc(C(F)(F)Oc2ccc(-c3ccc(-c4ccc(-c5cc(F)c(C#N)c(F)c5)c(F)c4)cc3)c(F)c2)c(F)c1. The predicted molar refractivity (Wildman–Crippen MR) is 161 cm³/mol. The molecule has 5 rings (SSSR count). The number of benzene rings is 5. The van der Waals surface area contributed by atoms with E-state index in [-0.39, 0.29) is 16.7 Å². The van der Waals surface area contributed by atoms with Crippen LogP contribution in [0.5, 0.6) is 5.75 Å². The standard InChI is InChI=1S/C37H26F7NO/c1-2-3-4-5-22-6-15-31(36(42)16-22)37(43,44)46-27-12-14-28(35(41)20-27)24-9-7-23(8-10-24)25-11-13-29(32(38)17-25)26-18-33(39)30(21-45)34(40)19-26/h6-20H,2-5H2,1H3. The summed E-state index contributed by atoms with van der Waals surface area (Å²) < 4.78 is 107. The third-order valence-electron chi connectivity index (χ3n) is 7.57. The third kappa shape index (κ3) is 6.91. The number of nitrogens with zero attached hydrogens (tertiary/aromatic N) is 1. The van der Waals surface area contributed by atoms with Crippen LogP contribution in [0.3, 0.4) is 0 Å². The van der Waals surface area contributed by atoms with Crippen molar-refractivity contribution in [1.29, 1.82) is 5.26 Å². The monoisotopic (exact) mass is 633 g/mol. The Kier molecular flexibility index (Phi) is 9.47. The number of ether oxygens (including phenoxy) is 1. The van der Waals surface area contributed by atoms with Crippen molar-refractivity contribution in [2.24, 2.45) is 0 Å².